The molecule has 0 aliphatic rings. The van der Waals surface area contributed by atoms with Crippen LogP contribution >= 0.6 is 11.6 Å². The summed E-state index contributed by atoms with van der Waals surface area (Å²) in [5.41, 5.74) is 7.44. The van der Waals surface area contributed by atoms with Gasteiger partial charge in [-0.25, -0.2) is 4.98 Å². The lowest BCUT2D eigenvalue weighted by molar-refractivity contribution is 0.963. The van der Waals surface area contributed by atoms with Crippen LogP contribution in [-0.2, 0) is 6.42 Å². The fourth-order valence-corrected chi connectivity index (χ4v) is 1.71. The minimum Gasteiger partial charge on any atom is -0.330 e. The molecule has 2 nitrogen and oxygen atoms in total. The zero-order valence-electron chi connectivity index (χ0n) is 7.70. The van der Waals surface area contributed by atoms with Crippen LogP contribution in [0.15, 0.2) is 30.3 Å². The first-order valence-electron chi connectivity index (χ1n) is 4.55. The molecule has 0 amide bonds. The summed E-state index contributed by atoms with van der Waals surface area (Å²) in [6.45, 7) is 0.597. The minimum atomic E-state index is 0.564. The second kappa shape index (κ2) is 3.95. The van der Waals surface area contributed by atoms with E-state index < -0.39 is 0 Å². The van der Waals surface area contributed by atoms with Crippen LogP contribution in [0.3, 0.4) is 0 Å². The van der Waals surface area contributed by atoms with Gasteiger partial charge in [0, 0.05) is 5.39 Å². The highest BCUT2D eigenvalue weighted by Crippen LogP contribution is 2.20. The number of benzene rings is 1. The van der Waals surface area contributed by atoms with Gasteiger partial charge in [-0.15, -0.1) is 0 Å². The number of hydrogen-bond donors (Lipinski definition) is 1. The van der Waals surface area contributed by atoms with Gasteiger partial charge in [0.1, 0.15) is 5.15 Å². The zero-order valence-corrected chi connectivity index (χ0v) is 8.46. The van der Waals surface area contributed by atoms with Gasteiger partial charge in [-0.05, 0) is 30.7 Å². The van der Waals surface area contributed by atoms with Crippen molar-refractivity contribution in [2.24, 2.45) is 5.73 Å². The lowest BCUT2D eigenvalue weighted by Crippen LogP contribution is -2.03. The van der Waals surface area contributed by atoms with Crippen molar-refractivity contribution in [1.82, 2.24) is 4.98 Å². The average Bonchev–Trinajstić information content (AvgIpc) is 2.19. The molecule has 3 heteroatoms. The molecule has 0 radical (unpaired) electrons. The van der Waals surface area contributed by atoms with Gasteiger partial charge in [-0.3, -0.25) is 0 Å². The second-order valence-corrected chi connectivity index (χ2v) is 3.53. The van der Waals surface area contributed by atoms with Gasteiger partial charge in [0.2, 0.25) is 0 Å². The van der Waals surface area contributed by atoms with E-state index in [9.17, 15) is 0 Å². The Bertz CT molecular complexity index is 454. The summed E-state index contributed by atoms with van der Waals surface area (Å²) >= 11 is 6.02. The molecule has 14 heavy (non-hydrogen) atoms. The van der Waals surface area contributed by atoms with Crippen LogP contribution in [0.25, 0.3) is 10.9 Å². The largest absolute Gasteiger partial charge is 0.330 e. The van der Waals surface area contributed by atoms with Crippen molar-refractivity contribution in [3.05, 3.63) is 41.0 Å². The zero-order chi connectivity index (χ0) is 9.97. The number of pyridine rings is 1. The number of hydrogen-bond acceptors (Lipinski definition) is 2. The molecule has 0 spiro atoms. The van der Waals surface area contributed by atoms with Crippen LogP contribution in [0, 0.1) is 0 Å². The summed E-state index contributed by atoms with van der Waals surface area (Å²) in [5.74, 6) is 0. The molecule has 0 unspecified atom stereocenters. The van der Waals surface area contributed by atoms with E-state index in [0.29, 0.717) is 11.7 Å². The maximum atomic E-state index is 6.02. The Morgan fingerprint density at radius 3 is 2.86 bits per heavy atom. The third kappa shape index (κ3) is 1.72. The maximum Gasteiger partial charge on any atom is 0.133 e. The summed E-state index contributed by atoms with van der Waals surface area (Å²) in [4.78, 5) is 4.30. The van der Waals surface area contributed by atoms with Crippen molar-refractivity contribution < 1.29 is 0 Å². The van der Waals surface area contributed by atoms with Gasteiger partial charge in [-0.2, -0.15) is 0 Å². The van der Waals surface area contributed by atoms with Gasteiger partial charge in [-0.1, -0.05) is 29.8 Å². The number of rotatable bonds is 2. The van der Waals surface area contributed by atoms with Crippen molar-refractivity contribution in [2.45, 2.75) is 6.42 Å². The van der Waals surface area contributed by atoms with E-state index in [0.717, 1.165) is 22.9 Å². The lowest BCUT2D eigenvalue weighted by atomic mass is 10.1. The molecule has 2 rings (SSSR count). The Morgan fingerprint density at radius 1 is 1.29 bits per heavy atom. The van der Waals surface area contributed by atoms with Crippen LogP contribution in [0.4, 0.5) is 0 Å². The topological polar surface area (TPSA) is 38.9 Å². The highest BCUT2D eigenvalue weighted by molar-refractivity contribution is 6.30. The van der Waals surface area contributed by atoms with Crippen molar-refractivity contribution >= 4 is 22.5 Å². The van der Waals surface area contributed by atoms with Crippen molar-refractivity contribution in [2.75, 3.05) is 6.54 Å². The Kier molecular flexibility index (Phi) is 2.66. The predicted octanol–water partition coefficient (Wildman–Crippen LogP) is 2.39. The summed E-state index contributed by atoms with van der Waals surface area (Å²) in [6.07, 6.45) is 0.774. The number of aromatic nitrogens is 1. The maximum absolute atomic E-state index is 6.02. The van der Waals surface area contributed by atoms with E-state index in [4.69, 9.17) is 17.3 Å². The molecule has 1 heterocycles. The molecule has 0 aliphatic carbocycles. The summed E-state index contributed by atoms with van der Waals surface area (Å²) in [5, 5.41) is 1.68. The van der Waals surface area contributed by atoms with E-state index in [1.54, 1.807) is 0 Å². The van der Waals surface area contributed by atoms with E-state index in [1.807, 2.05) is 24.3 Å². The van der Waals surface area contributed by atoms with Gasteiger partial charge in [0.05, 0.1) is 5.52 Å². The smallest absolute Gasteiger partial charge is 0.133 e. The van der Waals surface area contributed by atoms with Gasteiger partial charge in [0.25, 0.3) is 0 Å². The van der Waals surface area contributed by atoms with Crippen LogP contribution < -0.4 is 5.73 Å². The quantitative estimate of drug-likeness (QED) is 0.767. The Balaban J connectivity index is 2.59. The number of nitrogens with zero attached hydrogens (tertiary/aromatic N) is 1. The fraction of sp³-hybridized carbons (Fsp3) is 0.182. The van der Waals surface area contributed by atoms with Crippen molar-refractivity contribution in [1.29, 1.82) is 0 Å². The molecule has 0 saturated heterocycles. The van der Waals surface area contributed by atoms with E-state index in [1.165, 1.54) is 0 Å². The first-order chi connectivity index (χ1) is 6.81. The van der Waals surface area contributed by atoms with E-state index >= 15 is 0 Å². The second-order valence-electron chi connectivity index (χ2n) is 3.17. The Hall–Kier alpha value is -1.12. The standard InChI is InChI=1S/C11H11ClN2/c12-11-9(5-6-13)7-8-3-1-2-4-10(8)14-11/h1-4,7H,5-6,13H2. The van der Waals surface area contributed by atoms with Crippen LogP contribution in [0.2, 0.25) is 5.15 Å². The molecule has 2 aromatic rings. The third-order valence-electron chi connectivity index (χ3n) is 2.16. The van der Waals surface area contributed by atoms with E-state index in [-0.39, 0.29) is 0 Å². The molecule has 1 aromatic carbocycles. The first kappa shape index (κ1) is 9.44. The number of fused-ring (bicyclic) bond motifs is 1. The van der Waals surface area contributed by atoms with Crippen molar-refractivity contribution in [3.63, 3.8) is 0 Å². The highest BCUT2D eigenvalue weighted by Gasteiger charge is 2.02. The third-order valence-corrected chi connectivity index (χ3v) is 2.49. The van der Waals surface area contributed by atoms with Gasteiger partial charge >= 0.3 is 0 Å². The fourth-order valence-electron chi connectivity index (χ4n) is 1.47. The molecule has 0 bridgehead atoms. The molecular formula is C11H11ClN2. The van der Waals surface area contributed by atoms with Crippen molar-refractivity contribution in [3.8, 4) is 0 Å². The minimum absolute atomic E-state index is 0.564. The average molecular weight is 207 g/mol. The summed E-state index contributed by atoms with van der Waals surface area (Å²) in [6, 6.07) is 9.97. The SMILES string of the molecule is NCCc1cc2ccccc2nc1Cl. The summed E-state index contributed by atoms with van der Waals surface area (Å²) in [7, 11) is 0. The molecule has 0 aliphatic heterocycles. The predicted molar refractivity (Wildman–Crippen MR) is 59.5 cm³/mol. The van der Waals surface area contributed by atoms with Gasteiger partial charge < -0.3 is 5.73 Å². The number of para-hydroxylation sites is 1. The van der Waals surface area contributed by atoms with Crippen LogP contribution in [0.1, 0.15) is 5.56 Å². The molecule has 2 N–H and O–H groups in total. The molecule has 1 aromatic heterocycles. The molecule has 72 valence electrons. The number of halogens is 1. The first-order valence-corrected chi connectivity index (χ1v) is 4.93. The number of nitrogens with two attached hydrogens (primary N) is 1. The Labute approximate surface area is 87.7 Å². The highest BCUT2D eigenvalue weighted by atomic mass is 35.5. The lowest BCUT2D eigenvalue weighted by Gasteiger charge is -2.04. The molecule has 0 fully saturated rings. The molecule has 0 atom stereocenters. The molecular weight excluding hydrogens is 196 g/mol. The van der Waals surface area contributed by atoms with E-state index in [2.05, 4.69) is 11.1 Å². The Morgan fingerprint density at radius 2 is 2.07 bits per heavy atom. The normalized spacial score (nSPS) is 10.7. The van der Waals surface area contributed by atoms with Gasteiger partial charge in [0.15, 0.2) is 0 Å². The summed E-state index contributed by atoms with van der Waals surface area (Å²) < 4.78 is 0. The van der Waals surface area contributed by atoms with Crippen LogP contribution in [0.5, 0.6) is 0 Å². The monoisotopic (exact) mass is 206 g/mol. The molecule has 0 saturated carbocycles. The van der Waals surface area contributed by atoms with Crippen LogP contribution in [-0.4, -0.2) is 11.5 Å².